The molecule has 1 saturated heterocycles. The van der Waals surface area contributed by atoms with Gasteiger partial charge in [-0.3, -0.25) is 0 Å². The van der Waals surface area contributed by atoms with E-state index < -0.39 is 0 Å². The zero-order valence-electron chi connectivity index (χ0n) is 7.96. The number of hydrogen-bond donors (Lipinski definition) is 1. The van der Waals surface area contributed by atoms with E-state index in [1.54, 1.807) is 7.11 Å². The van der Waals surface area contributed by atoms with Crippen molar-refractivity contribution in [2.45, 2.75) is 12.3 Å². The van der Waals surface area contributed by atoms with Crippen LogP contribution in [0.3, 0.4) is 0 Å². The normalized spacial score (nSPS) is 21.1. The molecule has 76 valence electrons. The van der Waals surface area contributed by atoms with Crippen LogP contribution < -0.4 is 10.1 Å². The van der Waals surface area contributed by atoms with Gasteiger partial charge in [-0.15, -0.1) is 10.2 Å². The first-order chi connectivity index (χ1) is 6.81. The molecule has 0 radical (unpaired) electrons. The topological polar surface area (TPSA) is 47.0 Å². The maximum atomic E-state index is 5.80. The Kier molecular flexibility index (Phi) is 2.84. The van der Waals surface area contributed by atoms with Gasteiger partial charge in [0.15, 0.2) is 5.15 Å². The molecule has 1 aromatic rings. The zero-order chi connectivity index (χ0) is 9.97. The lowest BCUT2D eigenvalue weighted by Crippen LogP contribution is -2.09. The number of methoxy groups -OCH3 is 1. The van der Waals surface area contributed by atoms with Crippen LogP contribution in [0.15, 0.2) is 6.07 Å². The predicted molar refractivity (Wildman–Crippen MR) is 53.8 cm³/mol. The Bertz CT molecular complexity index is 326. The maximum Gasteiger partial charge on any atom is 0.236 e. The largest absolute Gasteiger partial charge is 0.480 e. The third kappa shape index (κ3) is 1.81. The Hall–Kier alpha value is -0.870. The molecule has 0 bridgehead atoms. The summed E-state index contributed by atoms with van der Waals surface area (Å²) in [5.41, 5.74) is 1.05. The number of aromatic nitrogens is 2. The third-order valence-corrected chi connectivity index (χ3v) is 2.64. The second kappa shape index (κ2) is 4.11. The predicted octanol–water partition coefficient (Wildman–Crippen LogP) is 1.22. The average molecular weight is 214 g/mol. The van der Waals surface area contributed by atoms with E-state index in [1.165, 1.54) is 0 Å². The highest BCUT2D eigenvalue weighted by atomic mass is 35.5. The number of ether oxygens (including phenoxy) is 1. The van der Waals surface area contributed by atoms with E-state index in [2.05, 4.69) is 15.5 Å². The van der Waals surface area contributed by atoms with Crippen molar-refractivity contribution in [3.8, 4) is 5.88 Å². The molecule has 1 aromatic heterocycles. The highest BCUT2D eigenvalue weighted by Gasteiger charge is 2.21. The average Bonchev–Trinajstić information content (AvgIpc) is 2.70. The molecule has 1 N–H and O–H groups in total. The molecule has 0 saturated carbocycles. The minimum atomic E-state index is 0.424. The van der Waals surface area contributed by atoms with Crippen LogP contribution in [0.2, 0.25) is 5.15 Å². The van der Waals surface area contributed by atoms with Crippen LogP contribution in [0.25, 0.3) is 0 Å². The van der Waals surface area contributed by atoms with Gasteiger partial charge in [-0.05, 0) is 19.0 Å². The number of nitrogens with one attached hydrogen (secondary N) is 1. The SMILES string of the molecule is COc1nnc(Cl)cc1C1CCNC1. The summed E-state index contributed by atoms with van der Waals surface area (Å²) >= 11 is 5.80. The Morgan fingerprint density at radius 3 is 3.07 bits per heavy atom. The lowest BCUT2D eigenvalue weighted by molar-refractivity contribution is 0.383. The van der Waals surface area contributed by atoms with Crippen LogP contribution in [-0.4, -0.2) is 30.4 Å². The summed E-state index contributed by atoms with van der Waals surface area (Å²) in [5.74, 6) is 1.03. The quantitative estimate of drug-likeness (QED) is 0.803. The Morgan fingerprint density at radius 2 is 2.43 bits per heavy atom. The monoisotopic (exact) mass is 213 g/mol. The van der Waals surface area contributed by atoms with Gasteiger partial charge in [0.1, 0.15) is 0 Å². The van der Waals surface area contributed by atoms with Crippen LogP contribution in [0.1, 0.15) is 17.9 Å². The van der Waals surface area contributed by atoms with Gasteiger partial charge >= 0.3 is 0 Å². The Balaban J connectivity index is 2.33. The fraction of sp³-hybridized carbons (Fsp3) is 0.556. The summed E-state index contributed by atoms with van der Waals surface area (Å²) in [7, 11) is 1.60. The van der Waals surface area contributed by atoms with Crippen LogP contribution in [0.4, 0.5) is 0 Å². The summed E-state index contributed by atoms with van der Waals surface area (Å²) < 4.78 is 5.15. The van der Waals surface area contributed by atoms with E-state index in [4.69, 9.17) is 16.3 Å². The van der Waals surface area contributed by atoms with E-state index in [-0.39, 0.29) is 0 Å². The van der Waals surface area contributed by atoms with Crippen molar-refractivity contribution in [2.75, 3.05) is 20.2 Å². The molecular formula is C9H12ClN3O. The van der Waals surface area contributed by atoms with Crippen LogP contribution >= 0.6 is 11.6 Å². The van der Waals surface area contributed by atoms with Gasteiger partial charge in [0.2, 0.25) is 5.88 Å². The van der Waals surface area contributed by atoms with Gasteiger partial charge in [0.25, 0.3) is 0 Å². The molecular weight excluding hydrogens is 202 g/mol. The summed E-state index contributed by atoms with van der Waals surface area (Å²) in [5, 5.41) is 11.4. The van der Waals surface area contributed by atoms with Gasteiger partial charge in [0, 0.05) is 18.0 Å². The molecule has 0 spiro atoms. The van der Waals surface area contributed by atoms with Crippen molar-refractivity contribution in [2.24, 2.45) is 0 Å². The third-order valence-electron chi connectivity index (χ3n) is 2.45. The molecule has 2 heterocycles. The molecule has 0 aliphatic carbocycles. The number of hydrogen-bond acceptors (Lipinski definition) is 4. The molecule has 2 rings (SSSR count). The van der Waals surface area contributed by atoms with Crippen molar-refractivity contribution in [3.05, 3.63) is 16.8 Å². The van der Waals surface area contributed by atoms with Gasteiger partial charge in [0.05, 0.1) is 7.11 Å². The molecule has 0 amide bonds. The van der Waals surface area contributed by atoms with E-state index in [0.29, 0.717) is 17.0 Å². The zero-order valence-corrected chi connectivity index (χ0v) is 8.71. The Labute approximate surface area is 87.6 Å². The van der Waals surface area contributed by atoms with Crippen molar-refractivity contribution in [3.63, 3.8) is 0 Å². The van der Waals surface area contributed by atoms with Crippen molar-refractivity contribution in [1.82, 2.24) is 15.5 Å². The minimum absolute atomic E-state index is 0.424. The van der Waals surface area contributed by atoms with Gasteiger partial charge < -0.3 is 10.1 Å². The molecule has 14 heavy (non-hydrogen) atoms. The molecule has 1 aliphatic heterocycles. The molecule has 1 fully saturated rings. The second-order valence-corrected chi connectivity index (χ2v) is 3.71. The smallest absolute Gasteiger partial charge is 0.236 e. The van der Waals surface area contributed by atoms with Gasteiger partial charge in [-0.1, -0.05) is 11.6 Å². The van der Waals surface area contributed by atoms with Crippen molar-refractivity contribution < 1.29 is 4.74 Å². The summed E-state index contributed by atoms with van der Waals surface area (Å²) in [6, 6.07) is 1.84. The van der Waals surface area contributed by atoms with Crippen LogP contribution in [0.5, 0.6) is 5.88 Å². The Morgan fingerprint density at radius 1 is 1.57 bits per heavy atom. The van der Waals surface area contributed by atoms with Gasteiger partial charge in [-0.25, -0.2) is 0 Å². The van der Waals surface area contributed by atoms with Crippen LogP contribution in [0, 0.1) is 0 Å². The summed E-state index contributed by atoms with van der Waals surface area (Å²) in [6.07, 6.45) is 1.10. The summed E-state index contributed by atoms with van der Waals surface area (Å²) in [6.45, 7) is 1.99. The second-order valence-electron chi connectivity index (χ2n) is 3.32. The molecule has 5 heteroatoms. The molecule has 0 aromatic carbocycles. The van der Waals surface area contributed by atoms with E-state index >= 15 is 0 Å². The highest BCUT2D eigenvalue weighted by molar-refractivity contribution is 6.29. The fourth-order valence-corrected chi connectivity index (χ4v) is 1.90. The highest BCUT2D eigenvalue weighted by Crippen LogP contribution is 2.29. The van der Waals surface area contributed by atoms with E-state index in [9.17, 15) is 0 Å². The minimum Gasteiger partial charge on any atom is -0.480 e. The maximum absolute atomic E-state index is 5.80. The first-order valence-corrected chi connectivity index (χ1v) is 4.97. The first-order valence-electron chi connectivity index (χ1n) is 4.59. The number of halogens is 1. The first kappa shape index (κ1) is 9.68. The lowest BCUT2D eigenvalue weighted by atomic mass is 10.0. The number of nitrogens with zero attached hydrogens (tertiary/aromatic N) is 2. The molecule has 1 atom stereocenters. The molecule has 1 unspecified atom stereocenters. The van der Waals surface area contributed by atoms with Gasteiger partial charge in [-0.2, -0.15) is 0 Å². The van der Waals surface area contributed by atoms with E-state index in [0.717, 1.165) is 25.1 Å². The van der Waals surface area contributed by atoms with Crippen molar-refractivity contribution in [1.29, 1.82) is 0 Å². The molecule has 4 nitrogen and oxygen atoms in total. The number of rotatable bonds is 2. The molecule has 1 aliphatic rings. The standard InChI is InChI=1S/C9H12ClN3O/c1-14-9-7(4-8(10)12-13-9)6-2-3-11-5-6/h4,6,11H,2-3,5H2,1H3. The van der Waals surface area contributed by atoms with E-state index in [1.807, 2.05) is 6.07 Å². The summed E-state index contributed by atoms with van der Waals surface area (Å²) in [4.78, 5) is 0. The van der Waals surface area contributed by atoms with Crippen molar-refractivity contribution >= 4 is 11.6 Å². The van der Waals surface area contributed by atoms with Crippen LogP contribution in [-0.2, 0) is 0 Å². The lowest BCUT2D eigenvalue weighted by Gasteiger charge is -2.11. The fourth-order valence-electron chi connectivity index (χ4n) is 1.74.